The fourth-order valence-corrected chi connectivity index (χ4v) is 3.14. The van der Waals surface area contributed by atoms with E-state index in [1.165, 1.54) is 25.7 Å². The van der Waals surface area contributed by atoms with E-state index in [0.29, 0.717) is 6.04 Å². The van der Waals surface area contributed by atoms with Crippen molar-refractivity contribution in [2.45, 2.75) is 71.4 Å². The Bertz CT molecular complexity index is 476. The molecule has 1 atom stereocenters. The molecule has 0 bridgehead atoms. The number of nitrogens with one attached hydrogen (secondary N) is 1. The van der Waals surface area contributed by atoms with Gasteiger partial charge in [0.05, 0.1) is 15.9 Å². The second kappa shape index (κ2) is 6.74. The Labute approximate surface area is 129 Å². The predicted octanol–water partition coefficient (Wildman–Crippen LogP) is 3.66. The molecule has 1 saturated carbocycles. The molecular weight excluding hydrogens is 318 g/mol. The maximum Gasteiger partial charge on any atom is 0.244 e. The molecule has 1 aliphatic carbocycles. The molecule has 1 aromatic heterocycles. The number of rotatable bonds is 3. The molecule has 0 spiro atoms. The molecule has 1 amide bonds. The third-order valence-electron chi connectivity index (χ3n) is 4.18. The monoisotopic (exact) mass is 341 g/mol. The van der Waals surface area contributed by atoms with Gasteiger partial charge in [-0.3, -0.25) is 9.48 Å². The number of carbonyl (C=O) groups is 1. The van der Waals surface area contributed by atoms with E-state index < -0.39 is 0 Å². The molecular formula is C15H24BrN3O. The highest BCUT2D eigenvalue weighted by molar-refractivity contribution is 9.10. The number of aryl methyl sites for hydroxylation is 1. The fraction of sp³-hybridized carbons (Fsp3) is 0.733. The molecule has 0 radical (unpaired) electrons. The molecule has 1 N–H and O–H groups in total. The van der Waals surface area contributed by atoms with Gasteiger partial charge in [0.1, 0.15) is 6.04 Å². The van der Waals surface area contributed by atoms with Crippen LogP contribution in [0.3, 0.4) is 0 Å². The molecule has 2 rings (SSSR count). The third-order valence-corrected chi connectivity index (χ3v) is 5.33. The number of amides is 1. The van der Waals surface area contributed by atoms with Gasteiger partial charge in [0.15, 0.2) is 0 Å². The molecule has 0 saturated heterocycles. The minimum atomic E-state index is -0.261. The summed E-state index contributed by atoms with van der Waals surface area (Å²) in [6.45, 7) is 5.85. The van der Waals surface area contributed by atoms with E-state index in [2.05, 4.69) is 26.3 Å². The maximum atomic E-state index is 12.4. The molecule has 1 aliphatic rings. The van der Waals surface area contributed by atoms with Crippen LogP contribution < -0.4 is 5.32 Å². The van der Waals surface area contributed by atoms with Crippen LogP contribution in [0.4, 0.5) is 0 Å². The summed E-state index contributed by atoms with van der Waals surface area (Å²) in [7, 11) is 0. The maximum absolute atomic E-state index is 12.4. The lowest BCUT2D eigenvalue weighted by atomic mass is 10.1. The van der Waals surface area contributed by atoms with Crippen molar-refractivity contribution in [1.82, 2.24) is 15.1 Å². The van der Waals surface area contributed by atoms with E-state index in [9.17, 15) is 4.79 Å². The molecule has 20 heavy (non-hydrogen) atoms. The van der Waals surface area contributed by atoms with Crippen LogP contribution in [0.15, 0.2) is 4.47 Å². The molecule has 1 aromatic rings. The van der Waals surface area contributed by atoms with Crippen LogP contribution in [0, 0.1) is 13.8 Å². The van der Waals surface area contributed by atoms with E-state index >= 15 is 0 Å². The van der Waals surface area contributed by atoms with Gasteiger partial charge in [0.2, 0.25) is 5.91 Å². The van der Waals surface area contributed by atoms with Gasteiger partial charge in [-0.05, 0) is 49.5 Å². The smallest absolute Gasteiger partial charge is 0.244 e. The summed E-state index contributed by atoms with van der Waals surface area (Å²) in [5.74, 6) is 0.0787. The summed E-state index contributed by atoms with van der Waals surface area (Å²) in [5.41, 5.74) is 1.93. The van der Waals surface area contributed by atoms with E-state index in [4.69, 9.17) is 0 Å². The van der Waals surface area contributed by atoms with E-state index in [0.717, 1.165) is 28.7 Å². The zero-order valence-electron chi connectivity index (χ0n) is 12.6. The van der Waals surface area contributed by atoms with E-state index in [1.807, 2.05) is 25.5 Å². The van der Waals surface area contributed by atoms with Crippen LogP contribution in [-0.2, 0) is 4.79 Å². The minimum Gasteiger partial charge on any atom is -0.352 e. The largest absolute Gasteiger partial charge is 0.352 e. The van der Waals surface area contributed by atoms with Crippen molar-refractivity contribution in [3.8, 4) is 0 Å². The van der Waals surface area contributed by atoms with Crippen molar-refractivity contribution < 1.29 is 4.79 Å². The number of nitrogens with zero attached hydrogens (tertiary/aromatic N) is 2. The molecule has 1 unspecified atom stereocenters. The summed E-state index contributed by atoms with van der Waals surface area (Å²) in [5, 5.41) is 7.65. The van der Waals surface area contributed by atoms with Crippen molar-refractivity contribution in [2.75, 3.05) is 0 Å². The van der Waals surface area contributed by atoms with Crippen LogP contribution >= 0.6 is 15.9 Å². The second-order valence-electron chi connectivity index (χ2n) is 5.80. The van der Waals surface area contributed by atoms with Crippen molar-refractivity contribution in [2.24, 2.45) is 0 Å². The van der Waals surface area contributed by atoms with Gasteiger partial charge < -0.3 is 5.32 Å². The van der Waals surface area contributed by atoms with Crippen LogP contribution in [0.5, 0.6) is 0 Å². The van der Waals surface area contributed by atoms with Gasteiger partial charge in [-0.1, -0.05) is 25.7 Å². The molecule has 5 heteroatoms. The van der Waals surface area contributed by atoms with Crippen molar-refractivity contribution in [3.05, 3.63) is 15.9 Å². The van der Waals surface area contributed by atoms with Gasteiger partial charge in [0, 0.05) is 6.04 Å². The highest BCUT2D eigenvalue weighted by Crippen LogP contribution is 2.23. The average molecular weight is 342 g/mol. The first-order chi connectivity index (χ1) is 9.50. The second-order valence-corrected chi connectivity index (χ2v) is 6.60. The number of carbonyl (C=O) groups excluding carboxylic acids is 1. The number of aromatic nitrogens is 2. The molecule has 1 heterocycles. The minimum absolute atomic E-state index is 0.0787. The van der Waals surface area contributed by atoms with Gasteiger partial charge in [0.25, 0.3) is 0 Å². The number of hydrogen-bond acceptors (Lipinski definition) is 2. The standard InChI is InChI=1S/C15H24BrN3O/c1-10-14(16)11(2)19(18-10)12(3)15(20)17-13-8-6-4-5-7-9-13/h12-13H,4-9H2,1-3H3,(H,17,20). The van der Waals surface area contributed by atoms with E-state index in [1.54, 1.807) is 0 Å². The lowest BCUT2D eigenvalue weighted by Gasteiger charge is -2.20. The Morgan fingerprint density at radius 3 is 2.40 bits per heavy atom. The van der Waals surface area contributed by atoms with Crippen molar-refractivity contribution in [3.63, 3.8) is 0 Å². The van der Waals surface area contributed by atoms with Crippen LogP contribution in [0.25, 0.3) is 0 Å². The topological polar surface area (TPSA) is 46.9 Å². The summed E-state index contributed by atoms with van der Waals surface area (Å²) in [4.78, 5) is 12.4. The van der Waals surface area contributed by atoms with Gasteiger partial charge >= 0.3 is 0 Å². The molecule has 0 aromatic carbocycles. The highest BCUT2D eigenvalue weighted by Gasteiger charge is 2.23. The average Bonchev–Trinajstić information content (AvgIpc) is 2.66. The first kappa shape index (κ1) is 15.5. The normalized spacial score (nSPS) is 18.6. The van der Waals surface area contributed by atoms with E-state index in [-0.39, 0.29) is 11.9 Å². The Balaban J connectivity index is 2.02. The van der Waals surface area contributed by atoms with Gasteiger partial charge in [-0.2, -0.15) is 5.10 Å². The Morgan fingerprint density at radius 2 is 1.90 bits per heavy atom. The zero-order valence-corrected chi connectivity index (χ0v) is 14.2. The lowest BCUT2D eigenvalue weighted by molar-refractivity contribution is -0.125. The van der Waals surface area contributed by atoms with Crippen molar-refractivity contribution >= 4 is 21.8 Å². The summed E-state index contributed by atoms with van der Waals surface area (Å²) in [6, 6.07) is 0.0797. The third kappa shape index (κ3) is 3.43. The van der Waals surface area contributed by atoms with Crippen LogP contribution in [0.1, 0.15) is 62.9 Å². The fourth-order valence-electron chi connectivity index (χ4n) is 2.88. The Morgan fingerprint density at radius 1 is 1.30 bits per heavy atom. The van der Waals surface area contributed by atoms with Crippen LogP contribution in [0.2, 0.25) is 0 Å². The summed E-state index contributed by atoms with van der Waals surface area (Å²) >= 11 is 3.51. The molecule has 112 valence electrons. The SMILES string of the molecule is Cc1nn(C(C)C(=O)NC2CCCCCC2)c(C)c1Br. The zero-order chi connectivity index (χ0) is 14.7. The Hall–Kier alpha value is -0.840. The first-order valence-electron chi connectivity index (χ1n) is 7.52. The molecule has 0 aliphatic heterocycles. The van der Waals surface area contributed by atoms with Crippen LogP contribution in [-0.4, -0.2) is 21.7 Å². The summed E-state index contributed by atoms with van der Waals surface area (Å²) in [6.07, 6.45) is 7.27. The van der Waals surface area contributed by atoms with Gasteiger partial charge in [-0.25, -0.2) is 0 Å². The van der Waals surface area contributed by atoms with Crippen molar-refractivity contribution in [1.29, 1.82) is 0 Å². The molecule has 4 nitrogen and oxygen atoms in total. The first-order valence-corrected chi connectivity index (χ1v) is 8.31. The summed E-state index contributed by atoms with van der Waals surface area (Å²) < 4.78 is 2.80. The number of hydrogen-bond donors (Lipinski definition) is 1. The molecule has 1 fully saturated rings. The lowest BCUT2D eigenvalue weighted by Crippen LogP contribution is -2.39. The quantitative estimate of drug-likeness (QED) is 0.852. The highest BCUT2D eigenvalue weighted by atomic mass is 79.9. The Kier molecular flexibility index (Phi) is 5.24. The number of halogens is 1. The predicted molar refractivity (Wildman–Crippen MR) is 83.7 cm³/mol. The van der Waals surface area contributed by atoms with Gasteiger partial charge in [-0.15, -0.1) is 0 Å².